The Hall–Kier alpha value is -3.58. The van der Waals surface area contributed by atoms with Gasteiger partial charge >= 0.3 is 0 Å². The number of amides is 1. The molecule has 1 amide bonds. The van der Waals surface area contributed by atoms with Gasteiger partial charge in [-0.25, -0.2) is 0 Å². The highest BCUT2D eigenvalue weighted by atomic mass is 35.5. The second kappa shape index (κ2) is 11.5. The molecule has 0 saturated heterocycles. The summed E-state index contributed by atoms with van der Waals surface area (Å²) < 4.78 is 11.5. The van der Waals surface area contributed by atoms with Crippen LogP contribution in [0.15, 0.2) is 52.9 Å². The minimum atomic E-state index is -0.499. The number of hydrogen-bond acceptors (Lipinski definition) is 6. The van der Waals surface area contributed by atoms with E-state index in [1.54, 1.807) is 12.1 Å². The standard InChI is InChI=1S/C32H35ClN2O5/c1-5-35-23-8-6-10-25(36)30(23)29(31-24(35)9-7-11-26(31)37)20-15-21(33)32(27(16-20)39-4)40-17-28(38)34-22-14-18(2)12-13-19(22)3/h12-16,29H,5-11,17H2,1-4H3,(H,34,38). The molecule has 0 atom stereocenters. The third kappa shape index (κ3) is 5.15. The Morgan fingerprint density at radius 3 is 2.25 bits per heavy atom. The first kappa shape index (κ1) is 28.0. The van der Waals surface area contributed by atoms with Gasteiger partial charge in [0.05, 0.1) is 12.1 Å². The number of ketones is 2. The molecule has 0 aromatic heterocycles. The average molecular weight is 563 g/mol. The summed E-state index contributed by atoms with van der Waals surface area (Å²) in [5.41, 5.74) is 6.87. The quantitative estimate of drug-likeness (QED) is 0.419. The van der Waals surface area contributed by atoms with Crippen LogP contribution in [0, 0.1) is 13.8 Å². The second-order valence-electron chi connectivity index (χ2n) is 10.6. The van der Waals surface area contributed by atoms with Gasteiger partial charge in [0.1, 0.15) is 0 Å². The molecule has 0 fully saturated rings. The van der Waals surface area contributed by atoms with Crippen molar-refractivity contribution in [1.29, 1.82) is 0 Å². The number of carbonyl (C=O) groups is 3. The SMILES string of the molecule is CCN1C2=C(C(=O)CCC2)C(c2cc(Cl)c(OCC(=O)Nc3cc(C)ccc3C)c(OC)c2)C2=C1CCCC2=O. The monoisotopic (exact) mass is 562 g/mol. The molecule has 5 rings (SSSR count). The van der Waals surface area contributed by atoms with Crippen molar-refractivity contribution in [3.05, 3.63) is 74.6 Å². The van der Waals surface area contributed by atoms with E-state index in [-0.39, 0.29) is 34.9 Å². The predicted molar refractivity (Wildman–Crippen MR) is 155 cm³/mol. The van der Waals surface area contributed by atoms with Crippen LogP contribution in [0.3, 0.4) is 0 Å². The van der Waals surface area contributed by atoms with Crippen LogP contribution in [0.5, 0.6) is 11.5 Å². The fraction of sp³-hybridized carbons (Fsp3) is 0.406. The van der Waals surface area contributed by atoms with Crippen molar-refractivity contribution >= 4 is 34.8 Å². The second-order valence-corrected chi connectivity index (χ2v) is 11.0. The number of carbonyl (C=O) groups excluding carboxylic acids is 3. The maximum absolute atomic E-state index is 13.4. The summed E-state index contributed by atoms with van der Waals surface area (Å²) in [5, 5.41) is 3.14. The van der Waals surface area contributed by atoms with Gasteiger partial charge in [0.25, 0.3) is 5.91 Å². The molecule has 7 nitrogen and oxygen atoms in total. The average Bonchev–Trinajstić information content (AvgIpc) is 2.93. The molecule has 0 saturated carbocycles. The lowest BCUT2D eigenvalue weighted by Crippen LogP contribution is -2.39. The number of allylic oxidation sites excluding steroid dienone is 4. The summed E-state index contributed by atoms with van der Waals surface area (Å²) in [6, 6.07) is 9.37. The molecule has 0 bridgehead atoms. The molecular weight excluding hydrogens is 528 g/mol. The molecule has 1 aliphatic heterocycles. The van der Waals surface area contributed by atoms with E-state index in [0.29, 0.717) is 36.3 Å². The topological polar surface area (TPSA) is 84.9 Å². The van der Waals surface area contributed by atoms with Crippen LogP contribution in [0.2, 0.25) is 5.02 Å². The normalized spacial score (nSPS) is 17.6. The molecular formula is C32H35ClN2O5. The molecule has 2 aromatic carbocycles. The summed E-state index contributed by atoms with van der Waals surface area (Å²) in [6.07, 6.45) is 4.14. The third-order valence-electron chi connectivity index (χ3n) is 8.00. The number of ether oxygens (including phenoxy) is 2. The van der Waals surface area contributed by atoms with Crippen molar-refractivity contribution in [2.24, 2.45) is 0 Å². The Morgan fingerprint density at radius 2 is 1.65 bits per heavy atom. The Balaban J connectivity index is 1.49. The van der Waals surface area contributed by atoms with Gasteiger partial charge in [0.15, 0.2) is 29.7 Å². The number of benzene rings is 2. The number of hydrogen-bond donors (Lipinski definition) is 1. The van der Waals surface area contributed by atoms with Crippen LogP contribution >= 0.6 is 11.6 Å². The third-order valence-corrected chi connectivity index (χ3v) is 8.28. The molecule has 1 N–H and O–H groups in total. The first-order valence-corrected chi connectivity index (χ1v) is 14.3. The van der Waals surface area contributed by atoms with Crippen molar-refractivity contribution in [2.75, 3.05) is 25.6 Å². The first-order chi connectivity index (χ1) is 19.2. The summed E-state index contributed by atoms with van der Waals surface area (Å²) in [7, 11) is 1.51. The summed E-state index contributed by atoms with van der Waals surface area (Å²) in [4.78, 5) is 41.7. The first-order valence-electron chi connectivity index (χ1n) is 13.9. The number of halogens is 1. The molecule has 3 aliphatic rings. The lowest BCUT2D eigenvalue weighted by molar-refractivity contribution is -0.118. The molecule has 2 aliphatic carbocycles. The van der Waals surface area contributed by atoms with Gasteiger partial charge in [-0.3, -0.25) is 14.4 Å². The predicted octanol–water partition coefficient (Wildman–Crippen LogP) is 6.42. The van der Waals surface area contributed by atoms with E-state index < -0.39 is 5.92 Å². The van der Waals surface area contributed by atoms with E-state index in [9.17, 15) is 14.4 Å². The van der Waals surface area contributed by atoms with Crippen molar-refractivity contribution in [3.8, 4) is 11.5 Å². The maximum atomic E-state index is 13.4. The molecule has 40 heavy (non-hydrogen) atoms. The van der Waals surface area contributed by atoms with Crippen LogP contribution in [-0.2, 0) is 14.4 Å². The van der Waals surface area contributed by atoms with Crippen LogP contribution in [0.25, 0.3) is 0 Å². The number of rotatable bonds is 7. The molecule has 0 spiro atoms. The van der Waals surface area contributed by atoms with Gasteiger partial charge in [0, 0.05) is 53.5 Å². The van der Waals surface area contributed by atoms with E-state index >= 15 is 0 Å². The van der Waals surface area contributed by atoms with E-state index in [1.165, 1.54) is 7.11 Å². The lowest BCUT2D eigenvalue weighted by Gasteiger charge is -2.43. The highest BCUT2D eigenvalue weighted by Crippen LogP contribution is 2.51. The van der Waals surface area contributed by atoms with E-state index in [2.05, 4.69) is 17.1 Å². The number of Topliss-reactive ketones (excluding diaryl/α,β-unsaturated/α-hetero) is 2. The van der Waals surface area contributed by atoms with Gasteiger partial charge in [-0.2, -0.15) is 0 Å². The fourth-order valence-electron chi connectivity index (χ4n) is 6.17. The summed E-state index contributed by atoms with van der Waals surface area (Å²) in [5.74, 6) is -0.0880. The smallest absolute Gasteiger partial charge is 0.262 e. The molecule has 0 unspecified atom stereocenters. The van der Waals surface area contributed by atoms with Crippen LogP contribution < -0.4 is 14.8 Å². The molecule has 1 heterocycles. The van der Waals surface area contributed by atoms with Crippen molar-refractivity contribution in [2.45, 2.75) is 65.2 Å². The minimum Gasteiger partial charge on any atom is -0.493 e. The largest absolute Gasteiger partial charge is 0.493 e. The number of nitrogens with one attached hydrogen (secondary N) is 1. The number of nitrogens with zero attached hydrogens (tertiary/aromatic N) is 1. The summed E-state index contributed by atoms with van der Waals surface area (Å²) >= 11 is 6.75. The van der Waals surface area contributed by atoms with Crippen molar-refractivity contribution in [1.82, 2.24) is 4.90 Å². The van der Waals surface area contributed by atoms with E-state index in [0.717, 1.165) is 59.5 Å². The number of methoxy groups -OCH3 is 1. The number of aryl methyl sites for hydroxylation is 2. The van der Waals surface area contributed by atoms with Crippen LogP contribution in [-0.4, -0.2) is 42.6 Å². The Bertz CT molecular complexity index is 1410. The number of anilines is 1. The Kier molecular flexibility index (Phi) is 8.04. The molecule has 8 heteroatoms. The van der Waals surface area contributed by atoms with Gasteiger partial charge in [-0.15, -0.1) is 0 Å². The van der Waals surface area contributed by atoms with Crippen LogP contribution in [0.4, 0.5) is 5.69 Å². The van der Waals surface area contributed by atoms with Gasteiger partial charge in [0.2, 0.25) is 0 Å². The molecule has 0 radical (unpaired) electrons. The molecule has 210 valence electrons. The van der Waals surface area contributed by atoms with Gasteiger partial charge in [-0.05, 0) is 81.3 Å². The summed E-state index contributed by atoms with van der Waals surface area (Å²) in [6.45, 7) is 6.40. The van der Waals surface area contributed by atoms with Gasteiger partial charge < -0.3 is 19.7 Å². The molecule has 2 aromatic rings. The van der Waals surface area contributed by atoms with E-state index in [4.69, 9.17) is 21.1 Å². The zero-order valence-corrected chi connectivity index (χ0v) is 24.2. The lowest BCUT2D eigenvalue weighted by atomic mass is 9.71. The van der Waals surface area contributed by atoms with Crippen molar-refractivity contribution < 1.29 is 23.9 Å². The fourth-order valence-corrected chi connectivity index (χ4v) is 6.45. The zero-order chi connectivity index (χ0) is 28.6. The van der Waals surface area contributed by atoms with Gasteiger partial charge in [-0.1, -0.05) is 23.7 Å². The van der Waals surface area contributed by atoms with E-state index in [1.807, 2.05) is 32.0 Å². The highest BCUT2D eigenvalue weighted by Gasteiger charge is 2.43. The Labute approximate surface area is 240 Å². The highest BCUT2D eigenvalue weighted by molar-refractivity contribution is 6.32. The Morgan fingerprint density at radius 1 is 1.00 bits per heavy atom. The zero-order valence-electron chi connectivity index (χ0n) is 23.5. The van der Waals surface area contributed by atoms with Crippen LogP contribution in [0.1, 0.15) is 68.1 Å². The maximum Gasteiger partial charge on any atom is 0.262 e. The minimum absolute atomic E-state index is 0.0770. The van der Waals surface area contributed by atoms with Crippen molar-refractivity contribution in [3.63, 3.8) is 0 Å².